The van der Waals surface area contributed by atoms with Crippen LogP contribution in [0.15, 0.2) is 12.3 Å². The van der Waals surface area contributed by atoms with Gasteiger partial charge in [-0.15, -0.1) is 0 Å². The lowest BCUT2D eigenvalue weighted by Crippen LogP contribution is -2.18. The Kier molecular flexibility index (Phi) is 5.08. The molecule has 0 amide bonds. The van der Waals surface area contributed by atoms with Crippen LogP contribution in [0.1, 0.15) is 25.0 Å². The van der Waals surface area contributed by atoms with Crippen LogP contribution < -0.4 is 10.2 Å². The van der Waals surface area contributed by atoms with Crippen molar-refractivity contribution in [3.8, 4) is 0 Å². The molecule has 0 saturated carbocycles. The minimum absolute atomic E-state index is 0.666. The summed E-state index contributed by atoms with van der Waals surface area (Å²) in [6.45, 7) is 8.54. The fourth-order valence-electron chi connectivity index (χ4n) is 2.01. The van der Waals surface area contributed by atoms with E-state index in [1.807, 2.05) is 31.6 Å². The molecule has 0 radical (unpaired) electrons. The number of nitrogens with zero attached hydrogens (tertiary/aromatic N) is 6. The van der Waals surface area contributed by atoms with Crippen LogP contribution in [0.3, 0.4) is 0 Å². The maximum absolute atomic E-state index is 4.48. The van der Waals surface area contributed by atoms with Gasteiger partial charge in [0.25, 0.3) is 0 Å². The van der Waals surface area contributed by atoms with E-state index >= 15 is 0 Å². The highest BCUT2D eigenvalue weighted by Crippen LogP contribution is 2.09. The first-order valence-electron chi connectivity index (χ1n) is 7.26. The monoisotopic (exact) mass is 289 g/mol. The van der Waals surface area contributed by atoms with E-state index in [0.29, 0.717) is 5.95 Å². The molecule has 21 heavy (non-hydrogen) atoms. The van der Waals surface area contributed by atoms with Crippen LogP contribution in [0.5, 0.6) is 0 Å². The molecule has 0 saturated heterocycles. The molecule has 0 atom stereocenters. The maximum Gasteiger partial charge on any atom is 0.224 e. The Labute approximate surface area is 125 Å². The molecule has 7 nitrogen and oxygen atoms in total. The Hall–Kier alpha value is -2.18. The largest absolute Gasteiger partial charge is 0.360 e. The second kappa shape index (κ2) is 7.01. The van der Waals surface area contributed by atoms with E-state index in [0.717, 1.165) is 43.5 Å². The van der Waals surface area contributed by atoms with Gasteiger partial charge >= 0.3 is 0 Å². The van der Waals surface area contributed by atoms with E-state index in [9.17, 15) is 0 Å². The Morgan fingerprint density at radius 1 is 1.29 bits per heavy atom. The van der Waals surface area contributed by atoms with Crippen molar-refractivity contribution < 1.29 is 0 Å². The molecule has 0 aliphatic heterocycles. The normalized spacial score (nSPS) is 10.7. The van der Waals surface area contributed by atoms with Crippen LogP contribution in [-0.2, 0) is 6.54 Å². The van der Waals surface area contributed by atoms with Gasteiger partial charge in [0.1, 0.15) is 17.5 Å². The van der Waals surface area contributed by atoms with E-state index in [1.54, 1.807) is 6.20 Å². The van der Waals surface area contributed by atoms with Crippen molar-refractivity contribution in [1.82, 2.24) is 24.7 Å². The highest BCUT2D eigenvalue weighted by Gasteiger charge is 2.04. The van der Waals surface area contributed by atoms with Crippen LogP contribution in [0.25, 0.3) is 0 Å². The van der Waals surface area contributed by atoms with Crippen LogP contribution >= 0.6 is 0 Å². The summed E-state index contributed by atoms with van der Waals surface area (Å²) in [6.07, 6.45) is 2.72. The van der Waals surface area contributed by atoms with E-state index in [-0.39, 0.29) is 0 Å². The lowest BCUT2D eigenvalue weighted by molar-refractivity contribution is 0.571. The first kappa shape index (κ1) is 15.2. The third-order valence-electron chi connectivity index (χ3n) is 3.30. The smallest absolute Gasteiger partial charge is 0.224 e. The Bertz CT molecular complexity index is 578. The molecule has 1 N–H and O–H groups in total. The van der Waals surface area contributed by atoms with Crippen LogP contribution in [0.4, 0.5) is 11.8 Å². The molecule has 0 aliphatic rings. The Morgan fingerprint density at radius 2 is 2.10 bits per heavy atom. The lowest BCUT2D eigenvalue weighted by Gasteiger charge is -2.15. The van der Waals surface area contributed by atoms with Gasteiger partial charge in [-0.25, -0.2) is 9.97 Å². The van der Waals surface area contributed by atoms with Gasteiger partial charge in [0, 0.05) is 32.9 Å². The van der Waals surface area contributed by atoms with Gasteiger partial charge in [-0.05, 0) is 33.3 Å². The van der Waals surface area contributed by atoms with E-state index in [2.05, 4.69) is 37.2 Å². The van der Waals surface area contributed by atoms with Crippen molar-refractivity contribution in [2.45, 2.75) is 33.7 Å². The zero-order valence-corrected chi connectivity index (χ0v) is 13.2. The molecule has 7 heteroatoms. The molecular weight excluding hydrogens is 266 g/mol. The molecule has 2 heterocycles. The number of anilines is 2. The molecule has 0 bridgehead atoms. The minimum Gasteiger partial charge on any atom is -0.360 e. The zero-order chi connectivity index (χ0) is 15.2. The van der Waals surface area contributed by atoms with Crippen molar-refractivity contribution in [1.29, 1.82) is 0 Å². The first-order chi connectivity index (χ1) is 10.1. The van der Waals surface area contributed by atoms with Gasteiger partial charge in [-0.2, -0.15) is 10.1 Å². The number of hydrogen-bond acceptors (Lipinski definition) is 6. The Balaban J connectivity index is 1.82. The third-order valence-corrected chi connectivity index (χ3v) is 3.30. The van der Waals surface area contributed by atoms with Gasteiger partial charge < -0.3 is 10.2 Å². The standard InChI is InChI=1S/C14H23N7/c1-5-20(4)13-7-9-16-14(18-13)15-8-6-10-21-12(3)17-11(2)19-21/h7,9H,5-6,8,10H2,1-4H3,(H,15,16,18). The number of aromatic nitrogens is 5. The number of aryl methyl sites for hydroxylation is 3. The molecule has 2 rings (SSSR count). The topological polar surface area (TPSA) is 71.8 Å². The summed E-state index contributed by atoms with van der Waals surface area (Å²) in [7, 11) is 2.02. The number of hydrogen-bond donors (Lipinski definition) is 1. The molecule has 2 aromatic heterocycles. The van der Waals surface area contributed by atoms with Gasteiger partial charge in [0.15, 0.2) is 0 Å². The molecule has 0 spiro atoms. The third kappa shape index (κ3) is 4.14. The average Bonchev–Trinajstić information content (AvgIpc) is 2.81. The molecule has 0 fully saturated rings. The van der Waals surface area contributed by atoms with Crippen LogP contribution in [0.2, 0.25) is 0 Å². The average molecular weight is 289 g/mol. The summed E-state index contributed by atoms with van der Waals surface area (Å²) in [5, 5.41) is 7.59. The SMILES string of the molecule is CCN(C)c1ccnc(NCCCn2nc(C)nc2C)n1. The summed E-state index contributed by atoms with van der Waals surface area (Å²) in [6, 6.07) is 1.91. The van der Waals surface area contributed by atoms with Crippen molar-refractivity contribution in [3.05, 3.63) is 23.9 Å². The van der Waals surface area contributed by atoms with E-state index < -0.39 is 0 Å². The van der Waals surface area contributed by atoms with Crippen molar-refractivity contribution in [2.75, 3.05) is 30.4 Å². The quantitative estimate of drug-likeness (QED) is 0.781. The Morgan fingerprint density at radius 3 is 2.76 bits per heavy atom. The molecular formula is C14H23N7. The van der Waals surface area contributed by atoms with E-state index in [1.165, 1.54) is 0 Å². The minimum atomic E-state index is 0.666. The number of rotatable bonds is 7. The van der Waals surface area contributed by atoms with Gasteiger partial charge in [-0.1, -0.05) is 0 Å². The number of nitrogens with one attached hydrogen (secondary N) is 1. The van der Waals surface area contributed by atoms with Crippen LogP contribution in [0, 0.1) is 13.8 Å². The summed E-state index contributed by atoms with van der Waals surface area (Å²) in [4.78, 5) is 15.1. The predicted octanol–water partition coefficient (Wildman–Crippen LogP) is 1.64. The summed E-state index contributed by atoms with van der Waals surface area (Å²) in [5.41, 5.74) is 0. The summed E-state index contributed by atoms with van der Waals surface area (Å²) < 4.78 is 1.93. The van der Waals surface area contributed by atoms with E-state index in [4.69, 9.17) is 0 Å². The molecule has 2 aromatic rings. The molecule has 0 aliphatic carbocycles. The van der Waals surface area contributed by atoms with Crippen molar-refractivity contribution in [2.24, 2.45) is 0 Å². The van der Waals surface area contributed by atoms with Crippen molar-refractivity contribution >= 4 is 11.8 Å². The molecule has 114 valence electrons. The maximum atomic E-state index is 4.48. The van der Waals surface area contributed by atoms with Gasteiger partial charge in [-0.3, -0.25) is 4.68 Å². The fraction of sp³-hybridized carbons (Fsp3) is 0.571. The molecule has 0 unspecified atom stereocenters. The highest BCUT2D eigenvalue weighted by atomic mass is 15.3. The second-order valence-corrected chi connectivity index (χ2v) is 4.96. The molecule has 0 aromatic carbocycles. The second-order valence-electron chi connectivity index (χ2n) is 4.96. The first-order valence-corrected chi connectivity index (χ1v) is 7.26. The van der Waals surface area contributed by atoms with Crippen molar-refractivity contribution in [3.63, 3.8) is 0 Å². The van der Waals surface area contributed by atoms with Gasteiger partial charge in [0.2, 0.25) is 5.95 Å². The summed E-state index contributed by atoms with van der Waals surface area (Å²) >= 11 is 0. The summed E-state index contributed by atoms with van der Waals surface area (Å²) in [5.74, 6) is 3.37. The predicted molar refractivity (Wildman–Crippen MR) is 83.6 cm³/mol. The zero-order valence-electron chi connectivity index (χ0n) is 13.2. The van der Waals surface area contributed by atoms with Gasteiger partial charge in [0.05, 0.1) is 0 Å². The van der Waals surface area contributed by atoms with Crippen LogP contribution in [-0.4, -0.2) is 44.9 Å². The fourth-order valence-corrected chi connectivity index (χ4v) is 2.01. The highest BCUT2D eigenvalue weighted by molar-refractivity contribution is 5.41. The lowest BCUT2D eigenvalue weighted by atomic mass is 10.4.